The van der Waals surface area contributed by atoms with Gasteiger partial charge in [0.25, 0.3) is 0 Å². The number of aromatic nitrogens is 2. The maximum atomic E-state index is 11.4. The summed E-state index contributed by atoms with van der Waals surface area (Å²) in [7, 11) is 0. The first-order chi connectivity index (χ1) is 8.68. The Bertz CT molecular complexity index is 363. The molecule has 1 aromatic rings. The lowest BCUT2D eigenvalue weighted by atomic mass is 10.2. The third-order valence-electron chi connectivity index (χ3n) is 2.52. The number of nitrogens with zero attached hydrogens (tertiary/aromatic N) is 2. The van der Waals surface area contributed by atoms with Crippen LogP contribution in [0.4, 0.5) is 0 Å². The van der Waals surface area contributed by atoms with Crippen LogP contribution in [-0.2, 0) is 16.1 Å². The molecule has 1 amide bonds. The number of nitrogens with one attached hydrogen (secondary N) is 1. The number of carboxylic acid groups (broad SMARTS) is 1. The maximum Gasteiger partial charge on any atom is 0.303 e. The largest absolute Gasteiger partial charge is 0.481 e. The average Bonchev–Trinajstić information content (AvgIpc) is 2.83. The molecule has 0 bridgehead atoms. The smallest absolute Gasteiger partial charge is 0.303 e. The fourth-order valence-electron chi connectivity index (χ4n) is 1.54. The number of unbranched alkanes of at least 4 members (excludes halogenated alkanes) is 2. The normalized spacial score (nSPS) is 10.2. The van der Waals surface area contributed by atoms with Crippen LogP contribution in [0.2, 0.25) is 0 Å². The molecule has 100 valence electrons. The minimum absolute atomic E-state index is 0.00346. The fourth-order valence-corrected chi connectivity index (χ4v) is 1.54. The minimum Gasteiger partial charge on any atom is -0.481 e. The molecule has 0 fully saturated rings. The van der Waals surface area contributed by atoms with Crippen LogP contribution in [0.3, 0.4) is 0 Å². The van der Waals surface area contributed by atoms with Gasteiger partial charge in [-0.1, -0.05) is 6.42 Å². The molecule has 0 unspecified atom stereocenters. The van der Waals surface area contributed by atoms with Gasteiger partial charge in [-0.3, -0.25) is 14.3 Å². The van der Waals surface area contributed by atoms with Crippen molar-refractivity contribution in [2.24, 2.45) is 0 Å². The summed E-state index contributed by atoms with van der Waals surface area (Å²) in [6.45, 7) is 1.19. The quantitative estimate of drug-likeness (QED) is 0.644. The predicted octanol–water partition coefficient (Wildman–Crippen LogP) is 1.03. The Hall–Kier alpha value is -1.85. The van der Waals surface area contributed by atoms with Crippen molar-refractivity contribution in [3.63, 3.8) is 0 Å². The second-order valence-electron chi connectivity index (χ2n) is 4.07. The first-order valence-corrected chi connectivity index (χ1v) is 6.14. The molecule has 0 aliphatic heterocycles. The zero-order valence-electron chi connectivity index (χ0n) is 10.3. The highest BCUT2D eigenvalue weighted by atomic mass is 16.4. The number of hydrogen-bond acceptors (Lipinski definition) is 3. The van der Waals surface area contributed by atoms with Gasteiger partial charge in [0.05, 0.1) is 0 Å². The molecule has 18 heavy (non-hydrogen) atoms. The molecule has 0 saturated heterocycles. The van der Waals surface area contributed by atoms with Gasteiger partial charge >= 0.3 is 5.97 Å². The molecular formula is C12H19N3O3. The zero-order chi connectivity index (χ0) is 13.2. The number of aryl methyl sites for hydroxylation is 1. The molecule has 6 nitrogen and oxygen atoms in total. The van der Waals surface area contributed by atoms with Crippen LogP contribution < -0.4 is 5.32 Å². The third-order valence-corrected chi connectivity index (χ3v) is 2.52. The Morgan fingerprint density at radius 2 is 2.06 bits per heavy atom. The van der Waals surface area contributed by atoms with Gasteiger partial charge in [-0.2, -0.15) is 5.10 Å². The SMILES string of the molecule is O=C(O)CCCCCNC(=O)CCn1cccn1. The van der Waals surface area contributed by atoms with Crippen molar-refractivity contribution in [2.75, 3.05) is 6.54 Å². The van der Waals surface area contributed by atoms with Crippen LogP contribution >= 0.6 is 0 Å². The number of carbonyl (C=O) groups is 2. The van der Waals surface area contributed by atoms with Crippen LogP contribution in [0.25, 0.3) is 0 Å². The Labute approximate surface area is 106 Å². The van der Waals surface area contributed by atoms with Crippen molar-refractivity contribution >= 4 is 11.9 Å². The summed E-state index contributed by atoms with van der Waals surface area (Å²) in [6.07, 6.45) is 6.43. The number of aliphatic carboxylic acids is 1. The van der Waals surface area contributed by atoms with Crippen LogP contribution in [0.5, 0.6) is 0 Å². The summed E-state index contributed by atoms with van der Waals surface area (Å²) in [5.74, 6) is -0.762. The zero-order valence-corrected chi connectivity index (χ0v) is 10.3. The van der Waals surface area contributed by atoms with E-state index in [1.807, 2.05) is 12.3 Å². The van der Waals surface area contributed by atoms with Gasteiger partial charge < -0.3 is 10.4 Å². The highest BCUT2D eigenvalue weighted by molar-refractivity contribution is 5.75. The van der Waals surface area contributed by atoms with E-state index in [1.165, 1.54) is 0 Å². The third kappa shape index (κ3) is 6.67. The Morgan fingerprint density at radius 3 is 2.72 bits per heavy atom. The minimum atomic E-state index is -0.766. The Kier molecular flexibility index (Phi) is 6.53. The summed E-state index contributed by atoms with van der Waals surface area (Å²) >= 11 is 0. The average molecular weight is 253 g/mol. The number of hydrogen-bond donors (Lipinski definition) is 2. The lowest BCUT2D eigenvalue weighted by Gasteiger charge is -2.05. The predicted molar refractivity (Wildman–Crippen MR) is 66.0 cm³/mol. The van der Waals surface area contributed by atoms with Crippen molar-refractivity contribution in [1.82, 2.24) is 15.1 Å². The van der Waals surface area contributed by atoms with E-state index < -0.39 is 5.97 Å². The van der Waals surface area contributed by atoms with Gasteiger partial charge in [-0.05, 0) is 18.9 Å². The summed E-state index contributed by atoms with van der Waals surface area (Å²) in [5, 5.41) is 15.3. The molecular weight excluding hydrogens is 234 g/mol. The number of carboxylic acids is 1. The van der Waals surface area contributed by atoms with Crippen molar-refractivity contribution in [3.05, 3.63) is 18.5 Å². The van der Waals surface area contributed by atoms with Crippen LogP contribution in [0.15, 0.2) is 18.5 Å². The summed E-state index contributed by atoms with van der Waals surface area (Å²) in [6, 6.07) is 1.82. The molecule has 0 aliphatic carbocycles. The standard InChI is InChI=1S/C12H19N3O3/c16-11(6-10-15-9-4-8-14-15)13-7-3-1-2-5-12(17)18/h4,8-9H,1-3,5-7,10H2,(H,13,16)(H,17,18). The molecule has 0 aromatic carbocycles. The first-order valence-electron chi connectivity index (χ1n) is 6.14. The van der Waals surface area contributed by atoms with Gasteiger partial charge in [-0.25, -0.2) is 0 Å². The van der Waals surface area contributed by atoms with Crippen LogP contribution in [0, 0.1) is 0 Å². The molecule has 0 aliphatic rings. The Morgan fingerprint density at radius 1 is 1.22 bits per heavy atom. The van der Waals surface area contributed by atoms with E-state index in [9.17, 15) is 9.59 Å². The molecule has 1 rings (SSSR count). The molecule has 0 atom stereocenters. The van der Waals surface area contributed by atoms with Gasteiger partial charge in [0.2, 0.25) is 5.91 Å². The number of amides is 1. The summed E-state index contributed by atoms with van der Waals surface area (Å²) in [5.41, 5.74) is 0. The second-order valence-corrected chi connectivity index (χ2v) is 4.07. The van der Waals surface area contributed by atoms with E-state index in [4.69, 9.17) is 5.11 Å². The molecule has 2 N–H and O–H groups in total. The van der Waals surface area contributed by atoms with E-state index in [0.29, 0.717) is 25.9 Å². The first kappa shape index (κ1) is 14.2. The molecule has 6 heteroatoms. The molecule has 1 heterocycles. The van der Waals surface area contributed by atoms with Crippen molar-refractivity contribution < 1.29 is 14.7 Å². The molecule has 0 saturated carbocycles. The number of carbonyl (C=O) groups excluding carboxylic acids is 1. The maximum absolute atomic E-state index is 11.4. The van der Waals surface area contributed by atoms with E-state index in [0.717, 1.165) is 12.8 Å². The molecule has 0 radical (unpaired) electrons. The van der Waals surface area contributed by atoms with Gasteiger partial charge in [0.15, 0.2) is 0 Å². The van der Waals surface area contributed by atoms with Gasteiger partial charge in [-0.15, -0.1) is 0 Å². The van der Waals surface area contributed by atoms with Crippen LogP contribution in [0.1, 0.15) is 32.1 Å². The van der Waals surface area contributed by atoms with Crippen LogP contribution in [-0.4, -0.2) is 33.3 Å². The van der Waals surface area contributed by atoms with Crippen molar-refractivity contribution in [1.29, 1.82) is 0 Å². The fraction of sp³-hybridized carbons (Fsp3) is 0.583. The van der Waals surface area contributed by atoms with E-state index in [-0.39, 0.29) is 12.3 Å². The monoisotopic (exact) mass is 253 g/mol. The second kappa shape index (κ2) is 8.27. The van der Waals surface area contributed by atoms with E-state index in [2.05, 4.69) is 10.4 Å². The molecule has 0 spiro atoms. The lowest BCUT2D eigenvalue weighted by Crippen LogP contribution is -2.25. The van der Waals surface area contributed by atoms with Gasteiger partial charge in [0, 0.05) is 38.3 Å². The molecule has 1 aromatic heterocycles. The van der Waals surface area contributed by atoms with Crippen molar-refractivity contribution in [2.45, 2.75) is 38.6 Å². The Balaban J connectivity index is 1.95. The summed E-state index contributed by atoms with van der Waals surface area (Å²) in [4.78, 5) is 21.7. The topological polar surface area (TPSA) is 84.2 Å². The summed E-state index contributed by atoms with van der Waals surface area (Å²) < 4.78 is 1.71. The highest BCUT2D eigenvalue weighted by Crippen LogP contribution is 1.98. The number of rotatable bonds is 9. The van der Waals surface area contributed by atoms with Gasteiger partial charge in [0.1, 0.15) is 0 Å². The van der Waals surface area contributed by atoms with Crippen molar-refractivity contribution in [3.8, 4) is 0 Å². The lowest BCUT2D eigenvalue weighted by molar-refractivity contribution is -0.137. The van der Waals surface area contributed by atoms with E-state index >= 15 is 0 Å². The highest BCUT2D eigenvalue weighted by Gasteiger charge is 2.01. The van der Waals surface area contributed by atoms with E-state index in [1.54, 1.807) is 10.9 Å².